The molecule has 0 amide bonds. The Labute approximate surface area is 697 Å². The molecule has 0 aliphatic rings. The zero-order chi connectivity index (χ0) is 77.8. The summed E-state index contributed by atoms with van der Waals surface area (Å²) in [5.74, 6) is 0. The highest BCUT2D eigenvalue weighted by molar-refractivity contribution is 9.11. The smallest absolute Gasteiger partial charge is 0.159 e. The standard InChI is InChI=1S/3C36H22BrNO/c37-31-15-4-1-11-26(31)25-10-7-9-23(21-25)24-19-20-28-27-12-2-5-16-32(27)38(34(28)22-24)33-17-8-14-30-29-13-3-6-18-35(29)39-36(30)33;37-30-14-4-1-11-26(30)25-10-7-9-23(21-25)24-19-20-28-27-12-2-5-15-31(27)38(33(28)22-24)32-16-8-18-35-36(32)29-13-3-6-17-34(29)39-35;37-32-13-4-1-10-27(32)25-9-7-8-23(20-25)24-16-18-29-28-11-2-5-14-33(28)38(34(29)21-24)26-17-19-36-31(22-26)30-12-3-6-15-35(30)39-36/h3*1-22H. The van der Waals surface area contributed by atoms with Crippen LogP contribution in [0.15, 0.2) is 427 Å². The Morgan fingerprint density at radius 2 is 0.504 bits per heavy atom. The third kappa shape index (κ3) is 12.1. The number of hydrogen-bond acceptors (Lipinski definition) is 3. The van der Waals surface area contributed by atoms with Crippen molar-refractivity contribution in [1.82, 2.24) is 13.7 Å². The van der Waals surface area contributed by atoms with E-state index in [9.17, 15) is 0 Å². The van der Waals surface area contributed by atoms with Crippen LogP contribution in [0.2, 0.25) is 0 Å². The predicted molar refractivity (Wildman–Crippen MR) is 500 cm³/mol. The minimum Gasteiger partial charge on any atom is -0.456 e. The molecule has 117 heavy (non-hydrogen) atoms. The molecule has 6 aromatic heterocycles. The van der Waals surface area contributed by atoms with E-state index in [1.54, 1.807) is 0 Å². The van der Waals surface area contributed by atoms with Crippen LogP contribution in [-0.4, -0.2) is 13.7 Å². The lowest BCUT2D eigenvalue weighted by atomic mass is 9.98. The zero-order valence-electron chi connectivity index (χ0n) is 62.8. The van der Waals surface area contributed by atoms with Gasteiger partial charge in [0, 0.05) is 78.4 Å². The van der Waals surface area contributed by atoms with Gasteiger partial charge in [-0.05, 0) is 194 Å². The summed E-state index contributed by atoms with van der Waals surface area (Å²) in [5, 5.41) is 14.2. The second-order valence-corrected chi connectivity index (χ2v) is 32.3. The maximum Gasteiger partial charge on any atom is 0.159 e. The number of halogens is 3. The van der Waals surface area contributed by atoms with Crippen molar-refractivity contribution in [2.75, 3.05) is 0 Å². The topological polar surface area (TPSA) is 54.2 Å². The van der Waals surface area contributed by atoms with Gasteiger partial charge in [0.15, 0.2) is 5.58 Å². The van der Waals surface area contributed by atoms with Gasteiger partial charge in [-0.25, -0.2) is 0 Å². The number of benzene rings is 18. The molecule has 0 aliphatic heterocycles. The fraction of sp³-hybridized carbons (Fsp3) is 0. The summed E-state index contributed by atoms with van der Waals surface area (Å²) in [4.78, 5) is 0. The maximum atomic E-state index is 6.47. The Hall–Kier alpha value is -13.8. The first-order chi connectivity index (χ1) is 57.8. The van der Waals surface area contributed by atoms with Crippen molar-refractivity contribution in [2.45, 2.75) is 0 Å². The molecule has 0 N–H and O–H groups in total. The SMILES string of the molecule is Brc1ccccc1-c1cccc(-c2ccc3c4ccccc4n(-c4ccc5oc6ccccc6c5c4)c3c2)c1.Brc1ccccc1-c1cccc(-c2ccc3c4ccccc4n(-c4cccc5c4oc4ccccc45)c3c2)c1.Brc1ccccc1-c1cccc(-c2ccc3c4ccccc4n(-c4cccc5oc6ccccc6c45)c3c2)c1. The van der Waals surface area contributed by atoms with Crippen molar-refractivity contribution in [3.63, 3.8) is 0 Å². The fourth-order valence-corrected chi connectivity index (χ4v) is 19.2. The minimum absolute atomic E-state index is 0.900. The number of aromatic nitrogens is 3. The number of hydrogen-bond donors (Lipinski definition) is 0. The number of para-hydroxylation sites is 7. The normalized spacial score (nSPS) is 11.7. The Balaban J connectivity index is 0.000000106. The van der Waals surface area contributed by atoms with Crippen LogP contribution >= 0.6 is 47.8 Å². The van der Waals surface area contributed by atoms with Crippen molar-refractivity contribution in [2.24, 2.45) is 0 Å². The fourth-order valence-electron chi connectivity index (χ4n) is 17.6. The molecule has 0 bridgehead atoms. The second-order valence-electron chi connectivity index (χ2n) is 29.7. The molecule has 18 aromatic carbocycles. The summed E-state index contributed by atoms with van der Waals surface area (Å²) in [5.41, 5.74) is 30.1. The first kappa shape index (κ1) is 69.9. The molecule has 0 radical (unpaired) electrons. The highest BCUT2D eigenvalue weighted by atomic mass is 79.9. The second kappa shape index (κ2) is 28.9. The molecule has 0 atom stereocenters. The van der Waals surface area contributed by atoms with E-state index in [1.165, 1.54) is 127 Å². The molecule has 24 aromatic rings. The lowest BCUT2D eigenvalue weighted by Gasteiger charge is -2.11. The first-order valence-corrected chi connectivity index (χ1v) is 41.5. The molecule has 6 nitrogen and oxygen atoms in total. The van der Waals surface area contributed by atoms with Gasteiger partial charge in [0.1, 0.15) is 27.9 Å². The van der Waals surface area contributed by atoms with Gasteiger partial charge in [-0.3, -0.25) is 0 Å². The molecule has 0 saturated carbocycles. The summed E-state index contributed by atoms with van der Waals surface area (Å²) < 4.78 is 29.3. The lowest BCUT2D eigenvalue weighted by molar-refractivity contribution is 0.666. The van der Waals surface area contributed by atoms with Gasteiger partial charge in [0.2, 0.25) is 0 Å². The van der Waals surface area contributed by atoms with E-state index in [0.29, 0.717) is 0 Å². The van der Waals surface area contributed by atoms with Gasteiger partial charge in [0.25, 0.3) is 0 Å². The van der Waals surface area contributed by atoms with Crippen LogP contribution in [0.5, 0.6) is 0 Å². The van der Waals surface area contributed by atoms with Crippen LogP contribution in [0.1, 0.15) is 0 Å². The van der Waals surface area contributed by atoms with E-state index in [1.807, 2.05) is 54.6 Å². The summed E-state index contributed by atoms with van der Waals surface area (Å²) >= 11 is 11.2. The van der Waals surface area contributed by atoms with Crippen molar-refractivity contribution < 1.29 is 13.3 Å². The summed E-state index contributed by atoms with van der Waals surface area (Å²) in [6.07, 6.45) is 0. The predicted octanol–water partition coefficient (Wildman–Crippen LogP) is 32.3. The number of fused-ring (bicyclic) bond motifs is 18. The number of furan rings is 3. The van der Waals surface area contributed by atoms with E-state index in [0.717, 1.165) is 102 Å². The molecular formula is C108H66Br3N3O3. The van der Waals surface area contributed by atoms with Crippen LogP contribution in [-0.2, 0) is 0 Å². The third-order valence-electron chi connectivity index (χ3n) is 23.0. The van der Waals surface area contributed by atoms with Gasteiger partial charge in [-0.15, -0.1) is 0 Å². The lowest BCUT2D eigenvalue weighted by Crippen LogP contribution is -1.95. The summed E-state index contributed by atoms with van der Waals surface area (Å²) in [7, 11) is 0. The van der Waals surface area contributed by atoms with Crippen LogP contribution in [0.4, 0.5) is 0 Å². The van der Waals surface area contributed by atoms with Crippen LogP contribution < -0.4 is 0 Å². The Morgan fingerprint density at radius 3 is 1.01 bits per heavy atom. The van der Waals surface area contributed by atoms with E-state index >= 15 is 0 Å². The van der Waals surface area contributed by atoms with Crippen LogP contribution in [0.25, 0.3) is 215 Å². The molecule has 0 aliphatic carbocycles. The van der Waals surface area contributed by atoms with E-state index in [4.69, 9.17) is 13.3 Å². The van der Waals surface area contributed by atoms with Gasteiger partial charge >= 0.3 is 0 Å². The summed E-state index contributed by atoms with van der Waals surface area (Å²) in [6.45, 7) is 0. The molecule has 9 heteroatoms. The van der Waals surface area contributed by atoms with Gasteiger partial charge in [0.05, 0.1) is 49.9 Å². The van der Waals surface area contributed by atoms with Crippen molar-refractivity contribution >= 4 is 179 Å². The number of nitrogens with zero attached hydrogens (tertiary/aromatic N) is 3. The Kier molecular flexibility index (Phi) is 17.3. The van der Waals surface area contributed by atoms with E-state index < -0.39 is 0 Å². The highest BCUT2D eigenvalue weighted by Gasteiger charge is 2.23. The van der Waals surface area contributed by atoms with Gasteiger partial charge in [-0.1, -0.05) is 321 Å². The van der Waals surface area contributed by atoms with Gasteiger partial charge in [-0.2, -0.15) is 0 Å². The third-order valence-corrected chi connectivity index (χ3v) is 25.1. The van der Waals surface area contributed by atoms with E-state index in [-0.39, 0.29) is 0 Å². The summed E-state index contributed by atoms with van der Waals surface area (Å²) in [6, 6.07) is 142. The Morgan fingerprint density at radius 1 is 0.179 bits per heavy atom. The largest absolute Gasteiger partial charge is 0.456 e. The quantitative estimate of drug-likeness (QED) is 0.145. The van der Waals surface area contributed by atoms with E-state index in [2.05, 4.69) is 407 Å². The first-order valence-electron chi connectivity index (χ1n) is 39.2. The van der Waals surface area contributed by atoms with Crippen molar-refractivity contribution in [3.05, 3.63) is 414 Å². The highest BCUT2D eigenvalue weighted by Crippen LogP contribution is 2.45. The average Bonchev–Trinajstić information content (AvgIpc) is 1.57. The maximum absolute atomic E-state index is 6.47. The van der Waals surface area contributed by atoms with Crippen LogP contribution in [0.3, 0.4) is 0 Å². The average molecular weight is 1690 g/mol. The molecule has 6 heterocycles. The van der Waals surface area contributed by atoms with Crippen LogP contribution in [0, 0.1) is 0 Å². The minimum atomic E-state index is 0.900. The molecule has 24 rings (SSSR count). The molecule has 552 valence electrons. The molecule has 0 saturated heterocycles. The monoisotopic (exact) mass is 1690 g/mol. The Bertz CT molecular complexity index is 8090. The molecule has 0 spiro atoms. The van der Waals surface area contributed by atoms with Crippen molar-refractivity contribution in [3.8, 4) is 83.8 Å². The van der Waals surface area contributed by atoms with Gasteiger partial charge < -0.3 is 27.0 Å². The van der Waals surface area contributed by atoms with Crippen molar-refractivity contribution in [1.29, 1.82) is 0 Å². The molecular weight excluding hydrogens is 1630 g/mol. The molecule has 0 unspecified atom stereocenters. The molecule has 0 fully saturated rings. The zero-order valence-corrected chi connectivity index (χ0v) is 67.6. The number of rotatable bonds is 9.